The summed E-state index contributed by atoms with van der Waals surface area (Å²) >= 11 is 0. The molecule has 1 unspecified atom stereocenters. The summed E-state index contributed by atoms with van der Waals surface area (Å²) < 4.78 is 5.56. The second-order valence-electron chi connectivity index (χ2n) is 8.02. The molecule has 2 fully saturated rings. The van der Waals surface area contributed by atoms with Gasteiger partial charge in [-0.05, 0) is 63.9 Å². The highest BCUT2D eigenvalue weighted by Gasteiger charge is 2.24. The Kier molecular flexibility index (Phi) is 7.07. The number of nitrogens with one attached hydrogen (secondary N) is 1. The van der Waals surface area contributed by atoms with E-state index in [1.165, 1.54) is 25.7 Å². The number of hydrogen-bond donors (Lipinski definition) is 1. The van der Waals surface area contributed by atoms with E-state index < -0.39 is 5.63 Å². The first kappa shape index (κ1) is 20.1. The summed E-state index contributed by atoms with van der Waals surface area (Å²) in [6.45, 7) is 7.38. The summed E-state index contributed by atoms with van der Waals surface area (Å²) in [6, 6.07) is 1.88. The molecular formula is C21H33N3O3. The van der Waals surface area contributed by atoms with E-state index in [0.29, 0.717) is 12.3 Å². The smallest absolute Gasteiger partial charge is 0.349 e. The first-order valence-corrected chi connectivity index (χ1v) is 10.4. The zero-order chi connectivity index (χ0) is 19.2. The van der Waals surface area contributed by atoms with Crippen LogP contribution in [-0.4, -0.2) is 62.0 Å². The Labute approximate surface area is 161 Å². The normalized spacial score (nSPS) is 21.6. The monoisotopic (exact) mass is 375 g/mol. The van der Waals surface area contributed by atoms with Crippen molar-refractivity contribution in [3.63, 3.8) is 0 Å². The van der Waals surface area contributed by atoms with Crippen LogP contribution in [0.3, 0.4) is 0 Å². The maximum Gasteiger partial charge on any atom is 0.349 e. The second-order valence-corrected chi connectivity index (χ2v) is 8.02. The van der Waals surface area contributed by atoms with Crippen LogP contribution in [0, 0.1) is 6.92 Å². The maximum atomic E-state index is 12.8. The molecule has 1 aromatic heterocycles. The highest BCUT2D eigenvalue weighted by Crippen LogP contribution is 2.23. The number of rotatable bonds is 5. The minimum atomic E-state index is -0.498. The van der Waals surface area contributed by atoms with Gasteiger partial charge in [-0.15, -0.1) is 0 Å². The number of likely N-dealkylation sites (tertiary alicyclic amines) is 1. The lowest BCUT2D eigenvalue weighted by Crippen LogP contribution is -2.38. The number of hydrogen-bond acceptors (Lipinski definition) is 5. The van der Waals surface area contributed by atoms with E-state index in [-0.39, 0.29) is 17.4 Å². The predicted molar refractivity (Wildman–Crippen MR) is 106 cm³/mol. The largest absolute Gasteiger partial charge is 0.427 e. The molecule has 0 aromatic carbocycles. The van der Waals surface area contributed by atoms with E-state index in [0.717, 1.165) is 51.1 Å². The van der Waals surface area contributed by atoms with Gasteiger partial charge >= 0.3 is 5.63 Å². The highest BCUT2D eigenvalue weighted by atomic mass is 16.4. The van der Waals surface area contributed by atoms with Crippen LogP contribution in [0.1, 0.15) is 66.1 Å². The van der Waals surface area contributed by atoms with E-state index in [1.54, 1.807) is 11.9 Å². The van der Waals surface area contributed by atoms with Gasteiger partial charge in [0.05, 0.1) is 0 Å². The van der Waals surface area contributed by atoms with Gasteiger partial charge in [0, 0.05) is 32.6 Å². The fraction of sp³-hybridized carbons (Fsp3) is 0.714. The van der Waals surface area contributed by atoms with Gasteiger partial charge in [-0.1, -0.05) is 12.8 Å². The van der Waals surface area contributed by atoms with Crippen LogP contribution in [0.25, 0.3) is 0 Å². The molecule has 27 heavy (non-hydrogen) atoms. The fourth-order valence-corrected chi connectivity index (χ4v) is 4.13. The van der Waals surface area contributed by atoms with Crippen LogP contribution in [0.15, 0.2) is 15.3 Å². The number of aryl methyl sites for hydroxylation is 1. The average Bonchev–Trinajstić information content (AvgIpc) is 2.95. The van der Waals surface area contributed by atoms with Crippen LogP contribution in [0.4, 0.5) is 0 Å². The van der Waals surface area contributed by atoms with Crippen molar-refractivity contribution in [3.8, 4) is 0 Å². The van der Waals surface area contributed by atoms with Gasteiger partial charge in [-0.25, -0.2) is 4.79 Å². The minimum absolute atomic E-state index is 0.181. The summed E-state index contributed by atoms with van der Waals surface area (Å²) in [7, 11) is 1.78. The molecule has 1 aromatic rings. The summed E-state index contributed by atoms with van der Waals surface area (Å²) in [5.41, 5.74) is 0.404. The van der Waals surface area contributed by atoms with Gasteiger partial charge in [0.25, 0.3) is 5.91 Å². The van der Waals surface area contributed by atoms with Crippen molar-refractivity contribution in [2.75, 3.05) is 46.3 Å². The summed E-state index contributed by atoms with van der Waals surface area (Å²) in [5.74, 6) is 0.688. The molecule has 2 aliphatic rings. The third kappa shape index (κ3) is 5.20. The number of likely N-dealkylation sites (N-methyl/N-ethyl adjacent to an activating group) is 1. The molecule has 3 heterocycles. The van der Waals surface area contributed by atoms with Gasteiger partial charge in [0.1, 0.15) is 11.3 Å². The Balaban J connectivity index is 1.65. The first-order valence-electron chi connectivity index (χ1n) is 10.4. The first-order chi connectivity index (χ1) is 13.1. The molecule has 6 nitrogen and oxygen atoms in total. The van der Waals surface area contributed by atoms with Gasteiger partial charge in [0.15, 0.2) is 0 Å². The number of carbonyl (C=O) groups excluding carboxylic acids is 1. The quantitative estimate of drug-likeness (QED) is 0.856. The van der Waals surface area contributed by atoms with E-state index in [1.807, 2.05) is 13.0 Å². The van der Waals surface area contributed by atoms with E-state index in [2.05, 4.69) is 10.2 Å². The summed E-state index contributed by atoms with van der Waals surface area (Å²) in [6.07, 6.45) is 7.16. The molecule has 1 N–H and O–H groups in total. The topological polar surface area (TPSA) is 65.8 Å². The lowest BCUT2D eigenvalue weighted by Gasteiger charge is -2.25. The zero-order valence-electron chi connectivity index (χ0n) is 16.8. The van der Waals surface area contributed by atoms with Crippen LogP contribution in [0.2, 0.25) is 0 Å². The molecule has 0 aliphatic carbocycles. The predicted octanol–water partition coefficient (Wildman–Crippen LogP) is 2.36. The standard InChI is InChI=1S/C21H33N3O3/c1-16-14-18(17-8-7-9-22-15-17)27-21(26)19(16)20(25)23(2)12-13-24-10-5-3-4-6-11-24/h14,17,22H,3-13,15H2,1-2H3. The molecule has 6 heteroatoms. The number of amides is 1. The van der Waals surface area contributed by atoms with Crippen molar-refractivity contribution in [2.24, 2.45) is 0 Å². The van der Waals surface area contributed by atoms with E-state index in [9.17, 15) is 9.59 Å². The third-order valence-corrected chi connectivity index (χ3v) is 5.88. The molecule has 2 aliphatic heterocycles. The molecule has 2 saturated heterocycles. The number of carbonyl (C=O) groups is 1. The molecule has 0 saturated carbocycles. The average molecular weight is 376 g/mol. The van der Waals surface area contributed by atoms with Crippen molar-refractivity contribution in [3.05, 3.63) is 33.4 Å². The van der Waals surface area contributed by atoms with Gasteiger partial charge < -0.3 is 19.5 Å². The molecule has 150 valence electrons. The Morgan fingerprint density at radius 3 is 2.63 bits per heavy atom. The zero-order valence-corrected chi connectivity index (χ0v) is 16.8. The lowest BCUT2D eigenvalue weighted by atomic mass is 9.95. The van der Waals surface area contributed by atoms with Crippen LogP contribution in [-0.2, 0) is 0 Å². The Morgan fingerprint density at radius 2 is 2.00 bits per heavy atom. The molecule has 0 bridgehead atoms. The number of nitrogens with zero attached hydrogens (tertiary/aromatic N) is 2. The molecular weight excluding hydrogens is 342 g/mol. The van der Waals surface area contributed by atoms with Gasteiger partial charge in [-0.3, -0.25) is 4.79 Å². The maximum absolute atomic E-state index is 12.8. The lowest BCUT2D eigenvalue weighted by molar-refractivity contribution is 0.0772. The molecule has 1 amide bonds. The van der Waals surface area contributed by atoms with Crippen molar-refractivity contribution >= 4 is 5.91 Å². The SMILES string of the molecule is Cc1cc(C2CCCNC2)oc(=O)c1C(=O)N(C)CCN1CCCCCC1. The van der Waals surface area contributed by atoms with Crippen molar-refractivity contribution in [2.45, 2.75) is 51.4 Å². The second kappa shape index (κ2) is 9.51. The van der Waals surface area contributed by atoms with Crippen molar-refractivity contribution in [1.29, 1.82) is 0 Å². The Hall–Kier alpha value is -1.66. The number of piperidine rings is 1. The minimum Gasteiger partial charge on any atom is -0.427 e. The van der Waals surface area contributed by atoms with Crippen LogP contribution >= 0.6 is 0 Å². The Bertz CT molecular complexity index is 686. The van der Waals surface area contributed by atoms with E-state index >= 15 is 0 Å². The molecule has 0 spiro atoms. The fourth-order valence-electron chi connectivity index (χ4n) is 4.13. The Morgan fingerprint density at radius 1 is 1.26 bits per heavy atom. The molecule has 3 rings (SSSR count). The van der Waals surface area contributed by atoms with Crippen molar-refractivity contribution in [1.82, 2.24) is 15.1 Å². The van der Waals surface area contributed by atoms with E-state index in [4.69, 9.17) is 4.42 Å². The van der Waals surface area contributed by atoms with Crippen LogP contribution < -0.4 is 10.9 Å². The van der Waals surface area contributed by atoms with Crippen LogP contribution in [0.5, 0.6) is 0 Å². The highest BCUT2D eigenvalue weighted by molar-refractivity contribution is 5.94. The summed E-state index contributed by atoms with van der Waals surface area (Å²) in [4.78, 5) is 29.5. The summed E-state index contributed by atoms with van der Waals surface area (Å²) in [5, 5.41) is 3.34. The third-order valence-electron chi connectivity index (χ3n) is 5.88. The molecule has 0 radical (unpaired) electrons. The van der Waals surface area contributed by atoms with Gasteiger partial charge in [-0.2, -0.15) is 0 Å². The van der Waals surface area contributed by atoms with Crippen molar-refractivity contribution < 1.29 is 9.21 Å². The molecule has 1 atom stereocenters. The van der Waals surface area contributed by atoms with Gasteiger partial charge in [0.2, 0.25) is 0 Å².